The maximum absolute atomic E-state index is 13.6. The van der Waals surface area contributed by atoms with Crippen LogP contribution < -0.4 is 0 Å². The number of amides is 2. The topological polar surface area (TPSA) is 62.7 Å². The summed E-state index contributed by atoms with van der Waals surface area (Å²) in [7, 11) is 0. The average Bonchev–Trinajstić information content (AvgIpc) is 3.42. The second-order valence-electron chi connectivity index (χ2n) is 8.21. The monoisotopic (exact) mass is 399 g/mol. The molecule has 4 heterocycles. The molecule has 0 N–H and O–H groups in total. The normalized spacial score (nSPS) is 27.5. The van der Waals surface area contributed by atoms with E-state index in [9.17, 15) is 9.59 Å². The summed E-state index contributed by atoms with van der Waals surface area (Å²) in [6.45, 7) is 1.12. The van der Waals surface area contributed by atoms with Gasteiger partial charge in [0.05, 0.1) is 30.1 Å². The molecule has 0 unspecified atom stereocenters. The summed E-state index contributed by atoms with van der Waals surface area (Å²) in [6.07, 6.45) is 2.47. The molecule has 1 spiro atoms. The molecule has 2 amide bonds. The summed E-state index contributed by atoms with van der Waals surface area (Å²) in [5.41, 5.74) is 1.78. The van der Waals surface area contributed by atoms with E-state index in [0.29, 0.717) is 31.5 Å². The van der Waals surface area contributed by atoms with Crippen molar-refractivity contribution in [2.24, 2.45) is 0 Å². The molecule has 6 heteroatoms. The van der Waals surface area contributed by atoms with Crippen molar-refractivity contribution in [1.82, 2.24) is 14.8 Å². The van der Waals surface area contributed by atoms with Crippen LogP contribution >= 0.6 is 0 Å². The zero-order valence-corrected chi connectivity index (χ0v) is 16.4. The first-order chi connectivity index (χ1) is 14.7. The van der Waals surface area contributed by atoms with Gasteiger partial charge in [0.2, 0.25) is 5.91 Å². The zero-order chi connectivity index (χ0) is 20.3. The van der Waals surface area contributed by atoms with Gasteiger partial charge < -0.3 is 14.5 Å². The van der Waals surface area contributed by atoms with E-state index in [1.54, 1.807) is 12.3 Å². The number of ether oxygens (including phenoxy) is 1. The number of para-hydroxylation sites is 1. The van der Waals surface area contributed by atoms with Crippen LogP contribution in [0.25, 0.3) is 10.9 Å². The van der Waals surface area contributed by atoms with E-state index in [-0.39, 0.29) is 24.0 Å². The molecule has 150 valence electrons. The number of fused-ring (bicyclic) bond motifs is 1. The maximum Gasteiger partial charge on any atom is 0.255 e. The first-order valence-electron chi connectivity index (χ1n) is 10.4. The number of hydrogen-bond donors (Lipinski definition) is 0. The van der Waals surface area contributed by atoms with Gasteiger partial charge in [0.25, 0.3) is 5.91 Å². The third kappa shape index (κ3) is 2.37. The van der Waals surface area contributed by atoms with E-state index in [0.717, 1.165) is 16.5 Å². The lowest BCUT2D eigenvalue weighted by Gasteiger charge is -2.32. The molecule has 30 heavy (non-hydrogen) atoms. The van der Waals surface area contributed by atoms with Crippen molar-refractivity contribution in [3.8, 4) is 0 Å². The van der Waals surface area contributed by atoms with Crippen LogP contribution in [0.5, 0.6) is 0 Å². The van der Waals surface area contributed by atoms with Crippen LogP contribution in [0.1, 0.15) is 34.9 Å². The van der Waals surface area contributed by atoms with Crippen molar-refractivity contribution in [2.75, 3.05) is 13.1 Å². The molecule has 2 aromatic carbocycles. The number of aromatic nitrogens is 1. The van der Waals surface area contributed by atoms with Gasteiger partial charge in [-0.15, -0.1) is 0 Å². The number of nitrogens with zero attached hydrogens (tertiary/aromatic N) is 3. The first-order valence-corrected chi connectivity index (χ1v) is 10.4. The van der Waals surface area contributed by atoms with Crippen LogP contribution in [0.2, 0.25) is 0 Å². The van der Waals surface area contributed by atoms with Crippen LogP contribution in [0, 0.1) is 0 Å². The van der Waals surface area contributed by atoms with E-state index < -0.39 is 5.72 Å². The van der Waals surface area contributed by atoms with E-state index >= 15 is 0 Å². The minimum absolute atomic E-state index is 0.0584. The summed E-state index contributed by atoms with van der Waals surface area (Å²) in [5, 5.41) is 0.835. The largest absolute Gasteiger partial charge is 0.343 e. The van der Waals surface area contributed by atoms with E-state index in [4.69, 9.17) is 4.74 Å². The molecule has 3 fully saturated rings. The lowest BCUT2D eigenvalue weighted by Crippen LogP contribution is -2.48. The summed E-state index contributed by atoms with van der Waals surface area (Å²) in [6, 6.07) is 19.2. The van der Waals surface area contributed by atoms with Crippen LogP contribution in [0.15, 0.2) is 66.9 Å². The Hall–Kier alpha value is -3.25. The molecule has 3 aliphatic heterocycles. The Bertz CT molecular complexity index is 1160. The van der Waals surface area contributed by atoms with Gasteiger partial charge in [-0.25, -0.2) is 0 Å². The molecular weight excluding hydrogens is 378 g/mol. The summed E-state index contributed by atoms with van der Waals surface area (Å²) < 4.78 is 6.56. The quantitative estimate of drug-likeness (QED) is 0.664. The molecule has 0 saturated carbocycles. The molecule has 6 nitrogen and oxygen atoms in total. The molecule has 1 aromatic heterocycles. The van der Waals surface area contributed by atoms with Gasteiger partial charge in [-0.3, -0.25) is 14.6 Å². The second-order valence-corrected chi connectivity index (χ2v) is 8.21. The van der Waals surface area contributed by atoms with Crippen molar-refractivity contribution in [2.45, 2.75) is 30.7 Å². The SMILES string of the molecule is O=C(c1ccnc2ccccc12)N1CC[C@@]23O[C@H](c4ccccc4)CN2C(=O)C[C@@H]13. The molecule has 3 aromatic rings. The number of likely N-dealkylation sites (tertiary alicyclic amines) is 1. The van der Waals surface area contributed by atoms with Gasteiger partial charge in [-0.05, 0) is 17.7 Å². The van der Waals surface area contributed by atoms with Gasteiger partial charge in [-0.1, -0.05) is 48.5 Å². The van der Waals surface area contributed by atoms with Crippen molar-refractivity contribution >= 4 is 22.7 Å². The fourth-order valence-corrected chi connectivity index (χ4v) is 5.35. The maximum atomic E-state index is 13.6. The van der Waals surface area contributed by atoms with Crippen LogP contribution in [0.3, 0.4) is 0 Å². The lowest BCUT2D eigenvalue weighted by atomic mass is 10.0. The zero-order valence-electron chi connectivity index (χ0n) is 16.4. The molecule has 3 aliphatic rings. The number of carbonyl (C=O) groups excluding carboxylic acids is 2. The summed E-state index contributed by atoms with van der Waals surface area (Å²) in [5.74, 6) is 0.00686. The molecule has 0 aliphatic carbocycles. The average molecular weight is 399 g/mol. The molecule has 0 radical (unpaired) electrons. The van der Waals surface area contributed by atoms with E-state index in [2.05, 4.69) is 4.98 Å². The van der Waals surface area contributed by atoms with Crippen molar-refractivity contribution in [3.05, 3.63) is 78.0 Å². The van der Waals surface area contributed by atoms with Crippen LogP contribution in [0.4, 0.5) is 0 Å². The fraction of sp³-hybridized carbons (Fsp3) is 0.292. The highest BCUT2D eigenvalue weighted by Gasteiger charge is 2.65. The Morgan fingerprint density at radius 1 is 1.07 bits per heavy atom. The van der Waals surface area contributed by atoms with Gasteiger partial charge in [-0.2, -0.15) is 0 Å². The summed E-state index contributed by atoms with van der Waals surface area (Å²) >= 11 is 0. The van der Waals surface area contributed by atoms with Gasteiger partial charge >= 0.3 is 0 Å². The Balaban J connectivity index is 1.35. The number of carbonyl (C=O) groups is 2. The number of rotatable bonds is 2. The molecule has 6 rings (SSSR count). The third-order valence-electron chi connectivity index (χ3n) is 6.74. The smallest absolute Gasteiger partial charge is 0.255 e. The van der Waals surface area contributed by atoms with Crippen molar-refractivity contribution in [1.29, 1.82) is 0 Å². The standard InChI is InChI=1S/C24H21N3O3/c28-22-14-21-24(27(22)15-20(30-24)16-6-2-1-3-7-16)11-13-26(21)23(29)18-10-12-25-19-9-5-4-8-17(18)19/h1-10,12,20-21H,11,13-15H2/t20-,21+,24-/m0/s1. The van der Waals surface area contributed by atoms with Crippen molar-refractivity contribution in [3.63, 3.8) is 0 Å². The molecule has 0 bridgehead atoms. The minimum atomic E-state index is -0.712. The lowest BCUT2D eigenvalue weighted by molar-refractivity contribution is -0.138. The number of benzene rings is 2. The highest BCUT2D eigenvalue weighted by molar-refractivity contribution is 6.06. The Labute approximate surface area is 174 Å². The molecule has 3 saturated heterocycles. The van der Waals surface area contributed by atoms with Gasteiger partial charge in [0.1, 0.15) is 6.10 Å². The van der Waals surface area contributed by atoms with Crippen molar-refractivity contribution < 1.29 is 14.3 Å². The molecule has 3 atom stereocenters. The van der Waals surface area contributed by atoms with Crippen LogP contribution in [-0.4, -0.2) is 51.5 Å². The molecular formula is C24H21N3O3. The highest BCUT2D eigenvalue weighted by atomic mass is 16.5. The van der Waals surface area contributed by atoms with Gasteiger partial charge in [0, 0.05) is 24.5 Å². The summed E-state index contributed by atoms with van der Waals surface area (Å²) in [4.78, 5) is 34.5. The Morgan fingerprint density at radius 3 is 2.73 bits per heavy atom. The number of pyridine rings is 1. The Kier molecular flexibility index (Phi) is 3.74. The van der Waals surface area contributed by atoms with E-state index in [1.807, 2.05) is 64.4 Å². The first kappa shape index (κ1) is 17.6. The highest BCUT2D eigenvalue weighted by Crippen LogP contribution is 2.51. The predicted octanol–water partition coefficient (Wildman–Crippen LogP) is 3.15. The fourth-order valence-electron chi connectivity index (χ4n) is 5.35. The predicted molar refractivity (Wildman–Crippen MR) is 111 cm³/mol. The van der Waals surface area contributed by atoms with Gasteiger partial charge in [0.15, 0.2) is 5.72 Å². The Morgan fingerprint density at radius 2 is 1.87 bits per heavy atom. The third-order valence-corrected chi connectivity index (χ3v) is 6.74. The van der Waals surface area contributed by atoms with E-state index in [1.165, 1.54) is 0 Å². The second kappa shape index (κ2) is 6.37. The minimum Gasteiger partial charge on any atom is -0.343 e. The number of hydrogen-bond acceptors (Lipinski definition) is 4. The van der Waals surface area contributed by atoms with Crippen LogP contribution in [-0.2, 0) is 9.53 Å².